The zero-order valence-corrected chi connectivity index (χ0v) is 19.0. The van der Waals surface area contributed by atoms with Gasteiger partial charge in [-0.1, -0.05) is 18.2 Å². The summed E-state index contributed by atoms with van der Waals surface area (Å²) in [5, 5.41) is 5.93. The molecule has 4 heterocycles. The summed E-state index contributed by atoms with van der Waals surface area (Å²) in [4.78, 5) is 39.8. The number of benzene rings is 1. The standard InChI is InChI=1S/C23H26N6O3S/c30-22-26-19-20(17-6-1-2-7-18(17)25-21(19)27-22)32-13-4-8-24-23(31)29-11-9-28(10-12-29)15-16-5-3-14-33-16/h1-3,5-7,14H,4,8-13,15H2,(H,24,31)(H2,25,26,27,30). The highest BCUT2D eigenvalue weighted by molar-refractivity contribution is 7.09. The maximum absolute atomic E-state index is 12.5. The quantitative estimate of drug-likeness (QED) is 0.363. The van der Waals surface area contributed by atoms with Crippen LogP contribution < -0.4 is 15.7 Å². The van der Waals surface area contributed by atoms with Gasteiger partial charge in [-0.15, -0.1) is 11.3 Å². The summed E-state index contributed by atoms with van der Waals surface area (Å²) in [5.74, 6) is 0.599. The topological polar surface area (TPSA) is 106 Å². The van der Waals surface area contributed by atoms with E-state index in [1.54, 1.807) is 11.3 Å². The van der Waals surface area contributed by atoms with Gasteiger partial charge in [-0.3, -0.25) is 9.88 Å². The normalized spacial score (nSPS) is 14.7. The second-order valence-electron chi connectivity index (χ2n) is 8.04. The smallest absolute Gasteiger partial charge is 0.325 e. The molecule has 0 spiro atoms. The van der Waals surface area contributed by atoms with Crippen LogP contribution in [0.3, 0.4) is 0 Å². The lowest BCUT2D eigenvalue weighted by Gasteiger charge is -2.34. The molecule has 1 fully saturated rings. The number of aromatic nitrogens is 3. The van der Waals surface area contributed by atoms with Crippen LogP contribution in [0.25, 0.3) is 22.1 Å². The number of urea groups is 1. The van der Waals surface area contributed by atoms with Gasteiger partial charge in [0.2, 0.25) is 0 Å². The number of imidazole rings is 1. The summed E-state index contributed by atoms with van der Waals surface area (Å²) in [6, 6.07) is 11.8. The number of thiophene rings is 1. The number of carbonyl (C=O) groups is 1. The molecule has 172 valence electrons. The van der Waals surface area contributed by atoms with Crippen molar-refractivity contribution in [2.24, 2.45) is 0 Å². The van der Waals surface area contributed by atoms with Gasteiger partial charge in [0.1, 0.15) is 5.52 Å². The van der Waals surface area contributed by atoms with E-state index in [0.29, 0.717) is 36.5 Å². The van der Waals surface area contributed by atoms with E-state index in [0.717, 1.165) is 43.6 Å². The van der Waals surface area contributed by atoms with E-state index in [2.05, 4.69) is 42.7 Å². The van der Waals surface area contributed by atoms with Gasteiger partial charge in [0.05, 0.1) is 12.1 Å². The summed E-state index contributed by atoms with van der Waals surface area (Å²) in [7, 11) is 0. The minimum absolute atomic E-state index is 0.0301. The summed E-state index contributed by atoms with van der Waals surface area (Å²) in [5.41, 5.74) is 1.46. The molecule has 2 amide bonds. The predicted molar refractivity (Wildman–Crippen MR) is 129 cm³/mol. The molecule has 0 atom stereocenters. The first-order valence-corrected chi connectivity index (χ1v) is 12.0. The van der Waals surface area contributed by atoms with Crippen molar-refractivity contribution in [1.82, 2.24) is 30.1 Å². The molecule has 1 aliphatic heterocycles. The average Bonchev–Trinajstić information content (AvgIpc) is 3.47. The van der Waals surface area contributed by atoms with E-state index in [4.69, 9.17) is 4.74 Å². The number of pyridine rings is 1. The molecule has 0 aliphatic carbocycles. The highest BCUT2D eigenvalue weighted by Gasteiger charge is 2.21. The SMILES string of the molecule is O=C(NCCCOc1c2ccccc2nc2[nH]c(=O)[nH]c12)N1CCN(Cc2cccs2)CC1. The fourth-order valence-corrected chi connectivity index (χ4v) is 4.82. The molecule has 1 aromatic carbocycles. The first kappa shape index (κ1) is 21.5. The Hall–Kier alpha value is -3.37. The first-order chi connectivity index (χ1) is 16.2. The number of aromatic amines is 2. The Bertz CT molecular complexity index is 1290. The number of carbonyl (C=O) groups excluding carboxylic acids is 1. The Balaban J connectivity index is 1.10. The largest absolute Gasteiger partial charge is 0.490 e. The van der Waals surface area contributed by atoms with Gasteiger partial charge in [-0.25, -0.2) is 14.6 Å². The summed E-state index contributed by atoms with van der Waals surface area (Å²) < 4.78 is 6.04. The number of hydrogen-bond donors (Lipinski definition) is 3. The first-order valence-electron chi connectivity index (χ1n) is 11.1. The van der Waals surface area contributed by atoms with E-state index in [1.165, 1.54) is 4.88 Å². The molecule has 5 rings (SSSR count). The van der Waals surface area contributed by atoms with Crippen LogP contribution >= 0.6 is 11.3 Å². The molecule has 0 bridgehead atoms. The number of rotatable bonds is 7. The van der Waals surface area contributed by atoms with Crippen molar-refractivity contribution in [3.8, 4) is 5.75 Å². The van der Waals surface area contributed by atoms with Crippen molar-refractivity contribution < 1.29 is 9.53 Å². The van der Waals surface area contributed by atoms with Crippen LogP contribution in [-0.2, 0) is 6.54 Å². The molecule has 3 N–H and O–H groups in total. The molecule has 1 saturated heterocycles. The van der Waals surface area contributed by atoms with Crippen LogP contribution in [0.4, 0.5) is 4.79 Å². The fraction of sp³-hybridized carbons (Fsp3) is 0.348. The predicted octanol–water partition coefficient (Wildman–Crippen LogP) is 2.76. The highest BCUT2D eigenvalue weighted by Crippen LogP contribution is 2.30. The second-order valence-corrected chi connectivity index (χ2v) is 9.07. The fourth-order valence-electron chi connectivity index (χ4n) is 4.08. The van der Waals surface area contributed by atoms with Gasteiger partial charge >= 0.3 is 11.7 Å². The van der Waals surface area contributed by atoms with Crippen LogP contribution in [0, 0.1) is 0 Å². The monoisotopic (exact) mass is 466 g/mol. The van der Waals surface area contributed by atoms with E-state index >= 15 is 0 Å². The van der Waals surface area contributed by atoms with Gasteiger partial charge in [-0.2, -0.15) is 0 Å². The lowest BCUT2D eigenvalue weighted by molar-refractivity contribution is 0.135. The van der Waals surface area contributed by atoms with Crippen molar-refractivity contribution in [2.75, 3.05) is 39.3 Å². The van der Waals surface area contributed by atoms with Crippen LogP contribution in [-0.4, -0.2) is 70.1 Å². The van der Waals surface area contributed by atoms with E-state index in [1.807, 2.05) is 29.2 Å². The van der Waals surface area contributed by atoms with Gasteiger partial charge in [0.15, 0.2) is 11.4 Å². The van der Waals surface area contributed by atoms with Crippen molar-refractivity contribution in [2.45, 2.75) is 13.0 Å². The third kappa shape index (κ3) is 4.86. The summed E-state index contributed by atoms with van der Waals surface area (Å²) in [6.45, 7) is 5.11. The molecule has 4 aromatic rings. The summed E-state index contributed by atoms with van der Waals surface area (Å²) >= 11 is 1.77. The zero-order valence-electron chi connectivity index (χ0n) is 18.2. The Morgan fingerprint density at radius 1 is 1.12 bits per heavy atom. The number of para-hydroxylation sites is 1. The number of amides is 2. The molecule has 33 heavy (non-hydrogen) atoms. The molecule has 1 aliphatic rings. The number of H-pyrrole nitrogens is 2. The molecule has 0 unspecified atom stereocenters. The van der Waals surface area contributed by atoms with Crippen LogP contribution in [0.1, 0.15) is 11.3 Å². The van der Waals surface area contributed by atoms with E-state index in [9.17, 15) is 9.59 Å². The van der Waals surface area contributed by atoms with Gasteiger partial charge in [-0.05, 0) is 30.0 Å². The van der Waals surface area contributed by atoms with Crippen LogP contribution in [0.5, 0.6) is 5.75 Å². The van der Waals surface area contributed by atoms with Crippen molar-refractivity contribution in [1.29, 1.82) is 0 Å². The minimum atomic E-state index is -0.319. The maximum atomic E-state index is 12.5. The van der Waals surface area contributed by atoms with Crippen molar-refractivity contribution in [3.63, 3.8) is 0 Å². The molecular weight excluding hydrogens is 440 g/mol. The summed E-state index contributed by atoms with van der Waals surface area (Å²) in [6.07, 6.45) is 0.650. The molecule has 9 nitrogen and oxygen atoms in total. The lowest BCUT2D eigenvalue weighted by atomic mass is 10.2. The molecule has 3 aromatic heterocycles. The number of nitrogens with zero attached hydrogens (tertiary/aromatic N) is 3. The zero-order chi connectivity index (χ0) is 22.6. The molecular formula is C23H26N6O3S. The third-order valence-electron chi connectivity index (χ3n) is 5.78. The Kier molecular flexibility index (Phi) is 6.27. The molecule has 0 saturated carbocycles. The second kappa shape index (κ2) is 9.63. The van der Waals surface area contributed by atoms with Gasteiger partial charge in [0.25, 0.3) is 0 Å². The van der Waals surface area contributed by atoms with Crippen LogP contribution in [0.2, 0.25) is 0 Å². The third-order valence-corrected chi connectivity index (χ3v) is 6.64. The molecule has 10 heteroatoms. The maximum Gasteiger partial charge on any atom is 0.325 e. The number of fused-ring (bicyclic) bond motifs is 2. The van der Waals surface area contributed by atoms with Gasteiger partial charge in [0, 0.05) is 49.5 Å². The Morgan fingerprint density at radius 2 is 1.97 bits per heavy atom. The van der Waals surface area contributed by atoms with Gasteiger partial charge < -0.3 is 19.9 Å². The number of hydrogen-bond acceptors (Lipinski definition) is 6. The number of ether oxygens (including phenoxy) is 1. The van der Waals surface area contributed by atoms with Crippen LogP contribution in [0.15, 0.2) is 46.6 Å². The Labute approximate surface area is 194 Å². The average molecular weight is 467 g/mol. The van der Waals surface area contributed by atoms with Crippen molar-refractivity contribution >= 4 is 39.4 Å². The van der Waals surface area contributed by atoms with E-state index < -0.39 is 0 Å². The van der Waals surface area contributed by atoms with Crippen molar-refractivity contribution in [3.05, 3.63) is 57.1 Å². The van der Waals surface area contributed by atoms with E-state index in [-0.39, 0.29) is 11.7 Å². The minimum Gasteiger partial charge on any atom is -0.490 e. The highest BCUT2D eigenvalue weighted by atomic mass is 32.1. The lowest BCUT2D eigenvalue weighted by Crippen LogP contribution is -2.51. The molecule has 0 radical (unpaired) electrons. The Morgan fingerprint density at radius 3 is 2.79 bits per heavy atom. The number of piperazine rings is 1. The number of nitrogens with one attached hydrogen (secondary N) is 3.